The van der Waals surface area contributed by atoms with E-state index in [1.165, 1.54) is 17.5 Å². The van der Waals surface area contributed by atoms with E-state index in [0.29, 0.717) is 6.04 Å². The van der Waals surface area contributed by atoms with Crippen molar-refractivity contribution in [2.24, 2.45) is 5.92 Å². The lowest BCUT2D eigenvalue weighted by molar-refractivity contribution is -0.128. The molecule has 4 rings (SSSR count). The van der Waals surface area contributed by atoms with E-state index in [2.05, 4.69) is 39.5 Å². The van der Waals surface area contributed by atoms with Crippen molar-refractivity contribution < 1.29 is 4.79 Å². The molecule has 2 aromatic rings. The third-order valence-electron chi connectivity index (χ3n) is 5.28. The molecule has 1 aromatic carbocycles. The van der Waals surface area contributed by atoms with Gasteiger partial charge in [0.05, 0.1) is 5.52 Å². The van der Waals surface area contributed by atoms with Crippen LogP contribution in [0.4, 0.5) is 5.69 Å². The minimum absolute atomic E-state index is 0.282. The van der Waals surface area contributed by atoms with Gasteiger partial charge in [-0.3, -0.25) is 9.78 Å². The minimum Gasteiger partial charge on any atom is -0.371 e. The molecule has 4 heteroatoms. The SMILES string of the molecule is O=C(NC1CCN(c2ccnc3ccccc23)CC1)C1CCC1. The zero-order valence-corrected chi connectivity index (χ0v) is 13.4. The molecule has 0 bridgehead atoms. The van der Waals surface area contributed by atoms with Crippen LogP contribution in [0, 0.1) is 5.92 Å². The van der Waals surface area contributed by atoms with Crippen molar-refractivity contribution >= 4 is 22.5 Å². The van der Waals surface area contributed by atoms with E-state index < -0.39 is 0 Å². The largest absolute Gasteiger partial charge is 0.371 e. The second kappa shape index (κ2) is 6.19. The molecule has 0 spiro atoms. The summed E-state index contributed by atoms with van der Waals surface area (Å²) in [4.78, 5) is 19.0. The number of nitrogens with one attached hydrogen (secondary N) is 1. The molecule has 2 aliphatic rings. The van der Waals surface area contributed by atoms with Gasteiger partial charge in [0.2, 0.25) is 5.91 Å². The van der Waals surface area contributed by atoms with E-state index in [9.17, 15) is 4.79 Å². The molecule has 23 heavy (non-hydrogen) atoms. The Morgan fingerprint density at radius 3 is 2.61 bits per heavy atom. The van der Waals surface area contributed by atoms with Crippen molar-refractivity contribution in [1.82, 2.24) is 10.3 Å². The zero-order valence-electron chi connectivity index (χ0n) is 13.4. The number of aromatic nitrogens is 1. The highest BCUT2D eigenvalue weighted by Crippen LogP contribution is 2.29. The number of piperidine rings is 1. The summed E-state index contributed by atoms with van der Waals surface area (Å²) in [6, 6.07) is 10.7. The van der Waals surface area contributed by atoms with E-state index >= 15 is 0 Å². The minimum atomic E-state index is 0.282. The Balaban J connectivity index is 1.41. The van der Waals surface area contributed by atoms with E-state index in [-0.39, 0.29) is 11.8 Å². The van der Waals surface area contributed by atoms with Crippen LogP contribution in [0.1, 0.15) is 32.1 Å². The predicted octanol–water partition coefficient (Wildman–Crippen LogP) is 3.12. The summed E-state index contributed by atoms with van der Waals surface area (Å²) in [5.74, 6) is 0.571. The van der Waals surface area contributed by atoms with Crippen LogP contribution in [0.5, 0.6) is 0 Å². The van der Waals surface area contributed by atoms with Gasteiger partial charge in [-0.2, -0.15) is 0 Å². The molecule has 1 saturated heterocycles. The Labute approximate surface area is 136 Å². The first kappa shape index (κ1) is 14.5. The number of hydrogen-bond donors (Lipinski definition) is 1. The number of hydrogen-bond acceptors (Lipinski definition) is 3. The Morgan fingerprint density at radius 2 is 1.87 bits per heavy atom. The molecule has 1 aromatic heterocycles. The molecular formula is C19H23N3O. The average Bonchev–Trinajstić information content (AvgIpc) is 2.53. The number of rotatable bonds is 3. The van der Waals surface area contributed by atoms with E-state index in [0.717, 1.165) is 44.3 Å². The van der Waals surface area contributed by atoms with Gasteiger partial charge in [0.15, 0.2) is 0 Å². The summed E-state index contributed by atoms with van der Waals surface area (Å²) in [7, 11) is 0. The Morgan fingerprint density at radius 1 is 1.09 bits per heavy atom. The first-order valence-corrected chi connectivity index (χ1v) is 8.70. The molecule has 1 saturated carbocycles. The molecule has 0 unspecified atom stereocenters. The van der Waals surface area contributed by atoms with Gasteiger partial charge in [0, 0.05) is 42.3 Å². The summed E-state index contributed by atoms with van der Waals surface area (Å²) < 4.78 is 0. The molecule has 2 heterocycles. The Kier molecular flexibility index (Phi) is 3.90. The van der Waals surface area contributed by atoms with Gasteiger partial charge in [-0.1, -0.05) is 24.6 Å². The summed E-state index contributed by atoms with van der Waals surface area (Å²) in [5.41, 5.74) is 2.31. The summed E-state index contributed by atoms with van der Waals surface area (Å²) >= 11 is 0. The lowest BCUT2D eigenvalue weighted by Gasteiger charge is -2.35. The highest BCUT2D eigenvalue weighted by molar-refractivity contribution is 5.91. The van der Waals surface area contributed by atoms with Crippen LogP contribution in [0.2, 0.25) is 0 Å². The lowest BCUT2D eigenvalue weighted by Crippen LogP contribution is -2.47. The first-order valence-electron chi connectivity index (χ1n) is 8.70. The molecule has 0 atom stereocenters. The molecule has 120 valence electrons. The summed E-state index contributed by atoms with van der Waals surface area (Å²) in [6.45, 7) is 1.98. The van der Waals surface area contributed by atoms with Gasteiger partial charge in [0.1, 0.15) is 0 Å². The van der Waals surface area contributed by atoms with E-state index in [1.54, 1.807) is 0 Å². The molecule has 1 amide bonds. The van der Waals surface area contributed by atoms with E-state index in [1.807, 2.05) is 12.3 Å². The van der Waals surface area contributed by atoms with Crippen molar-refractivity contribution in [1.29, 1.82) is 0 Å². The second-order valence-corrected chi connectivity index (χ2v) is 6.74. The number of carbonyl (C=O) groups excluding carboxylic acids is 1. The van der Waals surface area contributed by atoms with Gasteiger partial charge in [0.25, 0.3) is 0 Å². The third-order valence-corrected chi connectivity index (χ3v) is 5.28. The molecule has 1 aliphatic heterocycles. The fraction of sp³-hybridized carbons (Fsp3) is 0.474. The van der Waals surface area contributed by atoms with Crippen LogP contribution >= 0.6 is 0 Å². The van der Waals surface area contributed by atoms with Crippen molar-refractivity contribution in [3.63, 3.8) is 0 Å². The Bertz CT molecular complexity index is 697. The molecule has 1 aliphatic carbocycles. The van der Waals surface area contributed by atoms with Crippen molar-refractivity contribution in [2.45, 2.75) is 38.1 Å². The number of anilines is 1. The third kappa shape index (κ3) is 2.90. The first-order chi connectivity index (χ1) is 11.3. The number of pyridine rings is 1. The van der Waals surface area contributed by atoms with Gasteiger partial charge < -0.3 is 10.2 Å². The van der Waals surface area contributed by atoms with Crippen LogP contribution in [-0.4, -0.2) is 30.0 Å². The average molecular weight is 309 g/mol. The number of amides is 1. The topological polar surface area (TPSA) is 45.2 Å². The molecule has 0 radical (unpaired) electrons. The van der Waals surface area contributed by atoms with E-state index in [4.69, 9.17) is 0 Å². The van der Waals surface area contributed by atoms with Gasteiger partial charge in [-0.05, 0) is 37.8 Å². The number of carbonyl (C=O) groups is 1. The lowest BCUT2D eigenvalue weighted by atomic mass is 9.84. The van der Waals surface area contributed by atoms with Crippen molar-refractivity contribution in [3.8, 4) is 0 Å². The smallest absolute Gasteiger partial charge is 0.223 e. The molecule has 1 N–H and O–H groups in total. The highest BCUT2D eigenvalue weighted by Gasteiger charge is 2.28. The van der Waals surface area contributed by atoms with Crippen LogP contribution in [0.15, 0.2) is 36.5 Å². The fourth-order valence-corrected chi connectivity index (χ4v) is 3.61. The quantitative estimate of drug-likeness (QED) is 0.947. The molecular weight excluding hydrogens is 286 g/mol. The normalized spacial score (nSPS) is 19.6. The number of para-hydroxylation sites is 1. The molecule has 4 nitrogen and oxygen atoms in total. The highest BCUT2D eigenvalue weighted by atomic mass is 16.2. The standard InChI is InChI=1S/C19H23N3O/c23-19(14-4-3-5-14)21-15-9-12-22(13-10-15)18-8-11-20-17-7-2-1-6-16(17)18/h1-2,6-8,11,14-15H,3-5,9-10,12-13H2,(H,21,23). The maximum absolute atomic E-state index is 12.1. The van der Waals surface area contributed by atoms with Crippen molar-refractivity contribution in [2.75, 3.05) is 18.0 Å². The number of benzene rings is 1. The Hall–Kier alpha value is -2.10. The maximum atomic E-state index is 12.1. The monoisotopic (exact) mass is 309 g/mol. The van der Waals surface area contributed by atoms with Crippen LogP contribution in [0.3, 0.4) is 0 Å². The summed E-state index contributed by atoms with van der Waals surface area (Å²) in [6.07, 6.45) is 7.30. The van der Waals surface area contributed by atoms with Gasteiger partial charge in [-0.25, -0.2) is 0 Å². The van der Waals surface area contributed by atoms with Crippen LogP contribution in [0.25, 0.3) is 10.9 Å². The predicted molar refractivity (Wildman–Crippen MR) is 92.5 cm³/mol. The van der Waals surface area contributed by atoms with Crippen molar-refractivity contribution in [3.05, 3.63) is 36.5 Å². The number of nitrogens with zero attached hydrogens (tertiary/aromatic N) is 2. The van der Waals surface area contributed by atoms with Gasteiger partial charge in [-0.15, -0.1) is 0 Å². The van der Waals surface area contributed by atoms with Gasteiger partial charge >= 0.3 is 0 Å². The number of fused-ring (bicyclic) bond motifs is 1. The molecule has 2 fully saturated rings. The maximum Gasteiger partial charge on any atom is 0.223 e. The van der Waals surface area contributed by atoms with Crippen LogP contribution < -0.4 is 10.2 Å². The fourth-order valence-electron chi connectivity index (χ4n) is 3.61. The summed E-state index contributed by atoms with van der Waals surface area (Å²) in [5, 5.41) is 4.47. The second-order valence-electron chi connectivity index (χ2n) is 6.74. The zero-order chi connectivity index (χ0) is 15.6. The van der Waals surface area contributed by atoms with Crippen LogP contribution in [-0.2, 0) is 4.79 Å².